The van der Waals surface area contributed by atoms with Gasteiger partial charge in [0, 0.05) is 23.8 Å². The van der Waals surface area contributed by atoms with Gasteiger partial charge in [-0.15, -0.1) is 11.3 Å². The van der Waals surface area contributed by atoms with E-state index in [0.29, 0.717) is 5.88 Å². The Bertz CT molecular complexity index is 441. The van der Waals surface area contributed by atoms with Crippen molar-refractivity contribution >= 4 is 11.3 Å². The summed E-state index contributed by atoms with van der Waals surface area (Å²) in [5.41, 5.74) is 1.10. The molecule has 17 heavy (non-hydrogen) atoms. The lowest BCUT2D eigenvalue weighted by atomic mass is 10.1. The summed E-state index contributed by atoms with van der Waals surface area (Å²) >= 11 is 1.64. The second kappa shape index (κ2) is 5.75. The summed E-state index contributed by atoms with van der Waals surface area (Å²) in [5, 5.41) is 6.44. The lowest BCUT2D eigenvalue weighted by Gasteiger charge is -2.15. The first-order chi connectivity index (χ1) is 8.35. The van der Waals surface area contributed by atoms with Gasteiger partial charge in [-0.25, -0.2) is 9.97 Å². The van der Waals surface area contributed by atoms with Gasteiger partial charge in [-0.2, -0.15) is 0 Å². The molecule has 0 saturated heterocycles. The van der Waals surface area contributed by atoms with E-state index in [0.717, 1.165) is 17.1 Å². The molecule has 0 saturated carbocycles. The highest BCUT2D eigenvalue weighted by molar-refractivity contribution is 7.09. The van der Waals surface area contributed by atoms with E-state index in [2.05, 4.69) is 22.2 Å². The van der Waals surface area contributed by atoms with Crippen LogP contribution in [0.5, 0.6) is 5.88 Å². The molecule has 1 atom stereocenters. The van der Waals surface area contributed by atoms with Crippen LogP contribution in [-0.2, 0) is 0 Å². The quantitative estimate of drug-likeness (QED) is 0.883. The molecular formula is C12H15N3OS. The van der Waals surface area contributed by atoms with Crippen molar-refractivity contribution in [3.8, 4) is 5.88 Å². The molecule has 2 rings (SSSR count). The molecule has 4 nitrogen and oxygen atoms in total. The van der Waals surface area contributed by atoms with Gasteiger partial charge in [0.2, 0.25) is 5.88 Å². The van der Waals surface area contributed by atoms with Crippen LogP contribution in [-0.4, -0.2) is 23.6 Å². The van der Waals surface area contributed by atoms with Crippen LogP contribution in [0.2, 0.25) is 0 Å². The summed E-state index contributed by atoms with van der Waals surface area (Å²) in [5.74, 6) is 0.628. The van der Waals surface area contributed by atoms with Crippen LogP contribution in [0.15, 0.2) is 29.9 Å². The van der Waals surface area contributed by atoms with Crippen LogP contribution < -0.4 is 10.1 Å². The van der Waals surface area contributed by atoms with Gasteiger partial charge in [0.1, 0.15) is 5.01 Å². The molecule has 2 heterocycles. The molecule has 0 aliphatic carbocycles. The maximum Gasteiger partial charge on any atom is 0.212 e. The van der Waals surface area contributed by atoms with E-state index in [-0.39, 0.29) is 6.04 Å². The van der Waals surface area contributed by atoms with Gasteiger partial charge in [-0.05, 0) is 12.1 Å². The Morgan fingerprint density at radius 2 is 2.29 bits per heavy atom. The molecule has 1 unspecified atom stereocenters. The van der Waals surface area contributed by atoms with Crippen molar-refractivity contribution in [2.75, 3.05) is 13.7 Å². The number of aromatic nitrogens is 2. The van der Waals surface area contributed by atoms with Crippen molar-refractivity contribution in [3.63, 3.8) is 0 Å². The van der Waals surface area contributed by atoms with Crippen LogP contribution in [0.3, 0.4) is 0 Å². The zero-order valence-electron chi connectivity index (χ0n) is 9.88. The molecule has 0 aromatic carbocycles. The third-order valence-corrected chi connectivity index (χ3v) is 3.25. The van der Waals surface area contributed by atoms with Gasteiger partial charge in [-0.3, -0.25) is 0 Å². The third kappa shape index (κ3) is 2.81. The van der Waals surface area contributed by atoms with Crippen molar-refractivity contribution < 1.29 is 4.74 Å². The highest BCUT2D eigenvalue weighted by atomic mass is 32.1. The Kier molecular flexibility index (Phi) is 4.06. The minimum absolute atomic E-state index is 0.110. The summed E-state index contributed by atoms with van der Waals surface area (Å²) in [7, 11) is 1.62. The monoisotopic (exact) mass is 249 g/mol. The number of ether oxygens (including phenoxy) is 1. The van der Waals surface area contributed by atoms with E-state index in [4.69, 9.17) is 4.74 Å². The lowest BCUT2D eigenvalue weighted by Crippen LogP contribution is -2.21. The number of pyridine rings is 1. The Morgan fingerprint density at radius 3 is 2.82 bits per heavy atom. The van der Waals surface area contributed by atoms with Crippen molar-refractivity contribution in [1.82, 2.24) is 15.3 Å². The second-order valence-corrected chi connectivity index (χ2v) is 4.42. The largest absolute Gasteiger partial charge is 0.481 e. The second-order valence-electron chi connectivity index (χ2n) is 3.49. The van der Waals surface area contributed by atoms with Crippen molar-refractivity contribution in [2.24, 2.45) is 0 Å². The van der Waals surface area contributed by atoms with Crippen LogP contribution in [0.25, 0.3) is 0 Å². The Labute approximate surface area is 105 Å². The van der Waals surface area contributed by atoms with E-state index >= 15 is 0 Å². The standard InChI is InChI=1S/C12H15N3OS/c1-3-13-11(12-14-6-7-17-12)9-4-5-10(16-2)15-8-9/h4-8,11,13H,3H2,1-2H3. The van der Waals surface area contributed by atoms with Crippen molar-refractivity contribution in [3.05, 3.63) is 40.5 Å². The van der Waals surface area contributed by atoms with Gasteiger partial charge in [0.15, 0.2) is 0 Å². The predicted molar refractivity (Wildman–Crippen MR) is 68.4 cm³/mol. The fourth-order valence-electron chi connectivity index (χ4n) is 1.61. The zero-order valence-corrected chi connectivity index (χ0v) is 10.7. The average Bonchev–Trinajstić information content (AvgIpc) is 2.90. The van der Waals surface area contributed by atoms with Crippen molar-refractivity contribution in [1.29, 1.82) is 0 Å². The smallest absolute Gasteiger partial charge is 0.212 e. The molecule has 0 radical (unpaired) electrons. The number of thiazole rings is 1. The minimum atomic E-state index is 0.110. The van der Waals surface area contributed by atoms with Gasteiger partial charge in [0.05, 0.1) is 13.2 Å². The maximum absolute atomic E-state index is 5.06. The summed E-state index contributed by atoms with van der Waals surface area (Å²) in [6.07, 6.45) is 3.65. The van der Waals surface area contributed by atoms with Crippen molar-refractivity contribution in [2.45, 2.75) is 13.0 Å². The number of rotatable bonds is 5. The molecule has 5 heteroatoms. The first kappa shape index (κ1) is 12.0. The molecule has 0 amide bonds. The van der Waals surface area contributed by atoms with E-state index < -0.39 is 0 Å². The van der Waals surface area contributed by atoms with Gasteiger partial charge >= 0.3 is 0 Å². The Morgan fingerprint density at radius 1 is 1.41 bits per heavy atom. The van der Waals surface area contributed by atoms with Gasteiger partial charge in [0.25, 0.3) is 0 Å². The van der Waals surface area contributed by atoms with Crippen LogP contribution >= 0.6 is 11.3 Å². The van der Waals surface area contributed by atoms with Crippen LogP contribution in [0, 0.1) is 0 Å². The highest BCUT2D eigenvalue weighted by Crippen LogP contribution is 2.24. The Balaban J connectivity index is 2.26. The fraction of sp³-hybridized carbons (Fsp3) is 0.333. The maximum atomic E-state index is 5.06. The summed E-state index contributed by atoms with van der Waals surface area (Å²) in [6, 6.07) is 3.99. The van der Waals surface area contributed by atoms with Gasteiger partial charge in [-0.1, -0.05) is 13.0 Å². The predicted octanol–water partition coefficient (Wildman–Crippen LogP) is 2.25. The number of hydrogen-bond acceptors (Lipinski definition) is 5. The van der Waals surface area contributed by atoms with Crippen LogP contribution in [0.1, 0.15) is 23.5 Å². The highest BCUT2D eigenvalue weighted by Gasteiger charge is 2.15. The minimum Gasteiger partial charge on any atom is -0.481 e. The summed E-state index contributed by atoms with van der Waals surface area (Å²) in [4.78, 5) is 8.58. The SMILES string of the molecule is CCNC(c1ccc(OC)nc1)c1nccs1. The number of nitrogens with zero attached hydrogens (tertiary/aromatic N) is 2. The molecule has 0 aliphatic heterocycles. The summed E-state index contributed by atoms with van der Waals surface area (Å²) < 4.78 is 5.06. The van der Waals surface area contributed by atoms with E-state index in [1.807, 2.05) is 29.9 Å². The first-order valence-electron chi connectivity index (χ1n) is 5.48. The van der Waals surface area contributed by atoms with Gasteiger partial charge < -0.3 is 10.1 Å². The average molecular weight is 249 g/mol. The molecule has 0 spiro atoms. The fourth-order valence-corrected chi connectivity index (χ4v) is 2.35. The molecule has 2 aromatic heterocycles. The molecule has 0 fully saturated rings. The Hall–Kier alpha value is -1.46. The molecule has 2 aromatic rings. The molecule has 0 aliphatic rings. The third-order valence-electron chi connectivity index (χ3n) is 2.41. The number of nitrogens with one attached hydrogen (secondary N) is 1. The topological polar surface area (TPSA) is 47.0 Å². The molecule has 0 bridgehead atoms. The van der Waals surface area contributed by atoms with E-state index in [1.54, 1.807) is 18.4 Å². The molecular weight excluding hydrogens is 234 g/mol. The normalized spacial score (nSPS) is 12.4. The van der Waals surface area contributed by atoms with Crippen LogP contribution in [0.4, 0.5) is 0 Å². The first-order valence-corrected chi connectivity index (χ1v) is 6.35. The number of methoxy groups -OCH3 is 1. The zero-order chi connectivity index (χ0) is 12.1. The number of hydrogen-bond donors (Lipinski definition) is 1. The van der Waals surface area contributed by atoms with E-state index in [1.165, 1.54) is 0 Å². The molecule has 1 N–H and O–H groups in total. The van der Waals surface area contributed by atoms with E-state index in [9.17, 15) is 0 Å². The summed E-state index contributed by atoms with van der Waals surface area (Å²) in [6.45, 7) is 2.97. The molecule has 90 valence electrons. The lowest BCUT2D eigenvalue weighted by molar-refractivity contribution is 0.397.